The van der Waals surface area contributed by atoms with E-state index in [-0.39, 0.29) is 11.2 Å². The van der Waals surface area contributed by atoms with E-state index in [1.54, 1.807) is 0 Å². The molecular weight excluding hydrogens is 248 g/mol. The maximum absolute atomic E-state index is 11.1. The highest BCUT2D eigenvalue weighted by Crippen LogP contribution is 2.33. The molecule has 1 heterocycles. The van der Waals surface area contributed by atoms with Gasteiger partial charge in [-0.05, 0) is 26.7 Å². The smallest absolute Gasteiger partial charge is 0.230 e. The molecule has 18 heavy (non-hydrogen) atoms. The van der Waals surface area contributed by atoms with Gasteiger partial charge in [-0.25, -0.2) is 0 Å². The number of hydrogen-bond donors (Lipinski definition) is 1. The minimum Gasteiger partial charge on any atom is -0.369 e. The van der Waals surface area contributed by atoms with Crippen LogP contribution in [0, 0.1) is 6.92 Å². The van der Waals surface area contributed by atoms with Crippen LogP contribution in [0.15, 0.2) is 5.16 Å². The summed E-state index contributed by atoms with van der Waals surface area (Å²) in [5, 5.41) is 8.88. The standard InChI is InChI=1S/C12H20N4OS/c1-8(11(13)17)18-12-15-14-9(2)16(12)10-6-4-3-5-7-10/h8,10H,3-7H2,1-2H3,(H2,13,17)/t8-/m0/s1. The van der Waals surface area contributed by atoms with Gasteiger partial charge in [0.25, 0.3) is 0 Å². The number of amides is 1. The number of nitrogens with two attached hydrogens (primary N) is 1. The summed E-state index contributed by atoms with van der Waals surface area (Å²) in [4.78, 5) is 11.1. The van der Waals surface area contributed by atoms with Gasteiger partial charge in [-0.15, -0.1) is 10.2 Å². The Morgan fingerprint density at radius 1 is 1.39 bits per heavy atom. The molecule has 2 N–H and O–H groups in total. The van der Waals surface area contributed by atoms with Gasteiger partial charge in [0.2, 0.25) is 5.91 Å². The van der Waals surface area contributed by atoms with Crippen LogP contribution in [0.1, 0.15) is 50.9 Å². The molecule has 0 spiro atoms. The van der Waals surface area contributed by atoms with Crippen molar-refractivity contribution in [3.05, 3.63) is 5.82 Å². The molecule has 1 atom stereocenters. The van der Waals surface area contributed by atoms with Gasteiger partial charge >= 0.3 is 0 Å². The van der Waals surface area contributed by atoms with E-state index in [2.05, 4.69) is 14.8 Å². The Bertz CT molecular complexity index is 426. The lowest BCUT2D eigenvalue weighted by molar-refractivity contribution is -0.117. The van der Waals surface area contributed by atoms with Crippen LogP contribution in [0.3, 0.4) is 0 Å². The van der Waals surface area contributed by atoms with Crippen LogP contribution in [-0.4, -0.2) is 25.9 Å². The summed E-state index contributed by atoms with van der Waals surface area (Å²) in [7, 11) is 0. The van der Waals surface area contributed by atoms with Gasteiger partial charge in [0, 0.05) is 6.04 Å². The molecule has 1 fully saturated rings. The number of nitrogens with zero attached hydrogens (tertiary/aromatic N) is 3. The maximum Gasteiger partial charge on any atom is 0.230 e. The minimum absolute atomic E-state index is 0.268. The van der Waals surface area contributed by atoms with Gasteiger partial charge < -0.3 is 10.3 Å². The van der Waals surface area contributed by atoms with E-state index < -0.39 is 0 Å². The van der Waals surface area contributed by atoms with Gasteiger partial charge in [0.15, 0.2) is 5.16 Å². The quantitative estimate of drug-likeness (QED) is 0.848. The number of carbonyl (C=O) groups is 1. The Labute approximate surface area is 112 Å². The normalized spacial score (nSPS) is 18.8. The van der Waals surface area contributed by atoms with Crippen LogP contribution in [0.25, 0.3) is 0 Å². The molecule has 1 aromatic rings. The van der Waals surface area contributed by atoms with Crippen molar-refractivity contribution in [1.29, 1.82) is 0 Å². The van der Waals surface area contributed by atoms with Crippen molar-refractivity contribution in [1.82, 2.24) is 14.8 Å². The van der Waals surface area contributed by atoms with Gasteiger partial charge in [0.05, 0.1) is 5.25 Å². The fourth-order valence-corrected chi connectivity index (χ4v) is 3.32. The molecule has 0 bridgehead atoms. The highest BCUT2D eigenvalue weighted by Gasteiger charge is 2.23. The van der Waals surface area contributed by atoms with Gasteiger partial charge in [-0.3, -0.25) is 4.79 Å². The Kier molecular flexibility index (Phi) is 4.27. The number of aromatic nitrogens is 3. The zero-order chi connectivity index (χ0) is 13.1. The zero-order valence-electron chi connectivity index (χ0n) is 10.9. The molecule has 6 heteroatoms. The van der Waals surface area contributed by atoms with Crippen LogP contribution in [0.2, 0.25) is 0 Å². The van der Waals surface area contributed by atoms with E-state index in [9.17, 15) is 4.79 Å². The van der Waals surface area contributed by atoms with Gasteiger partial charge in [0.1, 0.15) is 5.82 Å². The summed E-state index contributed by atoms with van der Waals surface area (Å²) in [5.74, 6) is 0.622. The van der Waals surface area contributed by atoms with E-state index in [1.807, 2.05) is 13.8 Å². The molecule has 1 aliphatic rings. The largest absolute Gasteiger partial charge is 0.369 e. The summed E-state index contributed by atoms with van der Waals surface area (Å²) in [6.07, 6.45) is 6.20. The fraction of sp³-hybridized carbons (Fsp3) is 0.750. The lowest BCUT2D eigenvalue weighted by Crippen LogP contribution is -2.23. The molecule has 1 amide bonds. The number of hydrogen-bond acceptors (Lipinski definition) is 4. The van der Waals surface area contributed by atoms with Crippen LogP contribution < -0.4 is 5.73 Å². The SMILES string of the molecule is Cc1nnc(S[C@@H](C)C(N)=O)n1C1CCCCC1. The second kappa shape index (κ2) is 5.73. The van der Waals surface area contributed by atoms with E-state index in [0.717, 1.165) is 11.0 Å². The summed E-state index contributed by atoms with van der Waals surface area (Å²) in [6, 6.07) is 0.483. The van der Waals surface area contributed by atoms with E-state index >= 15 is 0 Å². The first-order valence-electron chi connectivity index (χ1n) is 6.47. The van der Waals surface area contributed by atoms with Crippen molar-refractivity contribution in [2.75, 3.05) is 0 Å². The Hall–Kier alpha value is -1.04. The van der Waals surface area contributed by atoms with Crippen molar-refractivity contribution in [2.45, 2.75) is 62.4 Å². The van der Waals surface area contributed by atoms with Gasteiger partial charge in [-0.2, -0.15) is 0 Å². The first kappa shape index (κ1) is 13.4. The molecule has 0 radical (unpaired) electrons. The maximum atomic E-state index is 11.1. The predicted octanol–water partition coefficient (Wildman–Crippen LogP) is 2.06. The molecule has 5 nitrogen and oxygen atoms in total. The average Bonchev–Trinajstić information content (AvgIpc) is 2.71. The average molecular weight is 268 g/mol. The second-order valence-electron chi connectivity index (χ2n) is 4.85. The summed E-state index contributed by atoms with van der Waals surface area (Å²) >= 11 is 1.41. The Balaban J connectivity index is 2.18. The third-order valence-corrected chi connectivity index (χ3v) is 4.53. The van der Waals surface area contributed by atoms with Crippen molar-refractivity contribution >= 4 is 17.7 Å². The molecule has 0 unspecified atom stereocenters. The lowest BCUT2D eigenvalue weighted by atomic mass is 9.95. The van der Waals surface area contributed by atoms with Crippen molar-refractivity contribution < 1.29 is 4.79 Å². The minimum atomic E-state index is -0.309. The number of rotatable bonds is 4. The monoisotopic (exact) mass is 268 g/mol. The second-order valence-corrected chi connectivity index (χ2v) is 6.16. The molecular formula is C12H20N4OS. The summed E-state index contributed by atoms with van der Waals surface area (Å²) in [6.45, 7) is 3.78. The van der Waals surface area contributed by atoms with E-state index in [0.29, 0.717) is 6.04 Å². The lowest BCUT2D eigenvalue weighted by Gasteiger charge is -2.25. The molecule has 1 aromatic heterocycles. The topological polar surface area (TPSA) is 73.8 Å². The predicted molar refractivity (Wildman–Crippen MR) is 71.4 cm³/mol. The van der Waals surface area contributed by atoms with E-state index in [1.165, 1.54) is 43.9 Å². The van der Waals surface area contributed by atoms with Gasteiger partial charge in [-0.1, -0.05) is 31.0 Å². The number of thioether (sulfide) groups is 1. The highest BCUT2D eigenvalue weighted by molar-refractivity contribution is 8.00. The summed E-state index contributed by atoms with van der Waals surface area (Å²) in [5.41, 5.74) is 5.30. The Morgan fingerprint density at radius 2 is 2.06 bits per heavy atom. The third kappa shape index (κ3) is 2.85. The molecule has 0 saturated heterocycles. The van der Waals surface area contributed by atoms with Crippen molar-refractivity contribution in [3.63, 3.8) is 0 Å². The molecule has 0 aromatic carbocycles. The third-order valence-electron chi connectivity index (χ3n) is 3.46. The molecule has 100 valence electrons. The first-order valence-corrected chi connectivity index (χ1v) is 7.35. The number of aryl methyl sites for hydroxylation is 1. The number of carbonyl (C=O) groups excluding carboxylic acids is 1. The van der Waals surface area contributed by atoms with Crippen molar-refractivity contribution in [3.8, 4) is 0 Å². The van der Waals surface area contributed by atoms with Crippen LogP contribution in [-0.2, 0) is 4.79 Å². The molecule has 1 saturated carbocycles. The highest BCUT2D eigenvalue weighted by atomic mass is 32.2. The molecule has 1 aliphatic carbocycles. The Morgan fingerprint density at radius 3 is 2.67 bits per heavy atom. The molecule has 2 rings (SSSR count). The first-order chi connectivity index (χ1) is 8.59. The van der Waals surface area contributed by atoms with Crippen LogP contribution >= 0.6 is 11.8 Å². The fourth-order valence-electron chi connectivity index (χ4n) is 2.41. The van der Waals surface area contributed by atoms with Crippen LogP contribution in [0.5, 0.6) is 0 Å². The van der Waals surface area contributed by atoms with E-state index in [4.69, 9.17) is 5.73 Å². The summed E-state index contributed by atoms with van der Waals surface area (Å²) < 4.78 is 2.18. The van der Waals surface area contributed by atoms with Crippen LogP contribution in [0.4, 0.5) is 0 Å². The number of primary amides is 1. The molecule has 0 aliphatic heterocycles. The zero-order valence-corrected chi connectivity index (χ0v) is 11.7. The van der Waals surface area contributed by atoms with Crippen molar-refractivity contribution in [2.24, 2.45) is 5.73 Å².